The van der Waals surface area contributed by atoms with Gasteiger partial charge >= 0.3 is 0 Å². The summed E-state index contributed by atoms with van der Waals surface area (Å²) in [5.41, 5.74) is 0.794. The summed E-state index contributed by atoms with van der Waals surface area (Å²) in [6.07, 6.45) is 5.31. The summed E-state index contributed by atoms with van der Waals surface area (Å²) in [6, 6.07) is 0. The first-order chi connectivity index (χ1) is 6.11. The Kier molecular flexibility index (Phi) is 6.51. The van der Waals surface area contributed by atoms with Crippen molar-refractivity contribution in [3.63, 3.8) is 0 Å². The fourth-order valence-corrected chi connectivity index (χ4v) is 1.07. The van der Waals surface area contributed by atoms with Crippen LogP contribution in [-0.2, 0) is 9.53 Å². The second-order valence-corrected chi connectivity index (χ2v) is 3.32. The molecule has 0 saturated heterocycles. The molecule has 0 amide bonds. The van der Waals surface area contributed by atoms with Crippen LogP contribution < -0.4 is 0 Å². The lowest BCUT2D eigenvalue weighted by atomic mass is 10.1. The van der Waals surface area contributed by atoms with Gasteiger partial charge in [0.2, 0.25) is 0 Å². The molecule has 0 aliphatic rings. The van der Waals surface area contributed by atoms with E-state index in [0.29, 0.717) is 0 Å². The van der Waals surface area contributed by atoms with E-state index in [9.17, 15) is 4.79 Å². The molecule has 0 fully saturated rings. The molecule has 13 heavy (non-hydrogen) atoms. The number of carbonyl (C=O) groups is 1. The van der Waals surface area contributed by atoms with Gasteiger partial charge in [0.05, 0.1) is 6.10 Å². The van der Waals surface area contributed by atoms with Crippen molar-refractivity contribution in [2.45, 2.75) is 46.1 Å². The minimum Gasteiger partial charge on any atom is -0.377 e. The second-order valence-electron chi connectivity index (χ2n) is 3.32. The molecule has 0 saturated carbocycles. The minimum atomic E-state index is 0.101. The Bertz CT molecular complexity index is 183. The number of allylic oxidation sites excluding steroid dienone is 1. The minimum absolute atomic E-state index is 0.101. The van der Waals surface area contributed by atoms with E-state index < -0.39 is 0 Å². The molecule has 0 aromatic carbocycles. The van der Waals surface area contributed by atoms with Crippen molar-refractivity contribution in [3.8, 4) is 0 Å². The standard InChI is InChI=1S/C11H20O2/c1-5-6-7-11(13-4)8-9(2)10(3)12/h8,11H,5-7H2,1-4H3. The summed E-state index contributed by atoms with van der Waals surface area (Å²) in [5.74, 6) is 0.124. The first kappa shape index (κ1) is 12.4. The molecule has 2 heteroatoms. The molecule has 0 bridgehead atoms. The number of ether oxygens (including phenoxy) is 1. The number of Topliss-reactive ketones (excluding diaryl/α,β-unsaturated/α-hetero) is 1. The molecule has 0 aromatic heterocycles. The smallest absolute Gasteiger partial charge is 0.155 e. The van der Waals surface area contributed by atoms with Crippen LogP contribution in [0.15, 0.2) is 11.6 Å². The van der Waals surface area contributed by atoms with E-state index >= 15 is 0 Å². The quantitative estimate of drug-likeness (QED) is 0.593. The van der Waals surface area contributed by atoms with Crippen LogP contribution in [0.5, 0.6) is 0 Å². The van der Waals surface area contributed by atoms with Crippen molar-refractivity contribution in [1.82, 2.24) is 0 Å². The fourth-order valence-electron chi connectivity index (χ4n) is 1.07. The highest BCUT2D eigenvalue weighted by Crippen LogP contribution is 2.08. The van der Waals surface area contributed by atoms with Crippen molar-refractivity contribution in [1.29, 1.82) is 0 Å². The Hall–Kier alpha value is -0.630. The Morgan fingerprint density at radius 2 is 2.08 bits per heavy atom. The number of ketones is 1. The van der Waals surface area contributed by atoms with Crippen molar-refractivity contribution >= 4 is 5.78 Å². The van der Waals surface area contributed by atoms with Gasteiger partial charge in [-0.05, 0) is 31.9 Å². The number of rotatable bonds is 6. The van der Waals surface area contributed by atoms with Gasteiger partial charge in [-0.3, -0.25) is 4.79 Å². The summed E-state index contributed by atoms with van der Waals surface area (Å²) < 4.78 is 5.24. The van der Waals surface area contributed by atoms with Gasteiger partial charge in [-0.25, -0.2) is 0 Å². The molecule has 1 atom stereocenters. The molecule has 0 rings (SSSR count). The van der Waals surface area contributed by atoms with E-state index in [-0.39, 0.29) is 11.9 Å². The van der Waals surface area contributed by atoms with Gasteiger partial charge in [0.15, 0.2) is 5.78 Å². The van der Waals surface area contributed by atoms with Crippen molar-refractivity contribution < 1.29 is 9.53 Å². The molecule has 0 N–H and O–H groups in total. The van der Waals surface area contributed by atoms with Crippen LogP contribution in [0.25, 0.3) is 0 Å². The average molecular weight is 184 g/mol. The van der Waals surface area contributed by atoms with Crippen molar-refractivity contribution in [3.05, 3.63) is 11.6 Å². The maximum atomic E-state index is 10.9. The molecule has 0 heterocycles. The Morgan fingerprint density at radius 1 is 1.46 bits per heavy atom. The summed E-state index contributed by atoms with van der Waals surface area (Å²) in [6.45, 7) is 5.56. The number of carbonyl (C=O) groups excluding carboxylic acids is 1. The molecule has 1 unspecified atom stereocenters. The lowest BCUT2D eigenvalue weighted by molar-refractivity contribution is -0.113. The molecule has 0 aliphatic heterocycles. The maximum absolute atomic E-state index is 10.9. The monoisotopic (exact) mass is 184 g/mol. The van der Waals surface area contributed by atoms with E-state index in [1.165, 1.54) is 0 Å². The predicted octanol–water partition coefficient (Wildman–Crippen LogP) is 2.73. The fraction of sp³-hybridized carbons (Fsp3) is 0.727. The van der Waals surface area contributed by atoms with Crippen LogP contribution >= 0.6 is 0 Å². The van der Waals surface area contributed by atoms with Gasteiger partial charge in [-0.2, -0.15) is 0 Å². The number of hydrogen-bond donors (Lipinski definition) is 0. The molecule has 0 spiro atoms. The second kappa shape index (κ2) is 6.84. The van der Waals surface area contributed by atoms with Crippen LogP contribution in [0.2, 0.25) is 0 Å². The molecule has 2 nitrogen and oxygen atoms in total. The molecule has 0 radical (unpaired) electrons. The zero-order valence-corrected chi connectivity index (χ0v) is 9.09. The Labute approximate surface area is 81.0 Å². The van der Waals surface area contributed by atoms with Crippen molar-refractivity contribution in [2.75, 3.05) is 7.11 Å². The average Bonchev–Trinajstić information content (AvgIpc) is 2.11. The molecule has 0 aromatic rings. The van der Waals surface area contributed by atoms with E-state index in [4.69, 9.17) is 4.74 Å². The van der Waals surface area contributed by atoms with E-state index in [1.54, 1.807) is 14.0 Å². The molecule has 0 aliphatic carbocycles. The largest absolute Gasteiger partial charge is 0.377 e. The zero-order chi connectivity index (χ0) is 10.3. The van der Waals surface area contributed by atoms with Gasteiger partial charge < -0.3 is 4.74 Å². The van der Waals surface area contributed by atoms with Gasteiger partial charge in [0, 0.05) is 7.11 Å². The Morgan fingerprint density at radius 3 is 2.46 bits per heavy atom. The maximum Gasteiger partial charge on any atom is 0.155 e. The third kappa shape index (κ3) is 5.58. The highest BCUT2D eigenvalue weighted by atomic mass is 16.5. The first-order valence-electron chi connectivity index (χ1n) is 4.84. The van der Waals surface area contributed by atoms with Gasteiger partial charge in [0.1, 0.15) is 0 Å². The lowest BCUT2D eigenvalue weighted by Gasteiger charge is -2.10. The lowest BCUT2D eigenvalue weighted by Crippen LogP contribution is -2.09. The van der Waals surface area contributed by atoms with Gasteiger partial charge in [0.25, 0.3) is 0 Å². The number of hydrogen-bond acceptors (Lipinski definition) is 2. The van der Waals surface area contributed by atoms with Crippen molar-refractivity contribution in [2.24, 2.45) is 0 Å². The van der Waals surface area contributed by atoms with Crippen LogP contribution in [0.1, 0.15) is 40.0 Å². The van der Waals surface area contributed by atoms with E-state index in [2.05, 4.69) is 6.92 Å². The SMILES string of the molecule is CCCCC(C=C(C)C(C)=O)OC. The first-order valence-corrected chi connectivity index (χ1v) is 4.84. The highest BCUT2D eigenvalue weighted by Gasteiger charge is 2.05. The summed E-state index contributed by atoms with van der Waals surface area (Å²) in [7, 11) is 1.68. The summed E-state index contributed by atoms with van der Waals surface area (Å²) >= 11 is 0. The normalized spacial score (nSPS) is 14.3. The Balaban J connectivity index is 4.09. The number of methoxy groups -OCH3 is 1. The van der Waals surface area contributed by atoms with E-state index in [0.717, 1.165) is 24.8 Å². The summed E-state index contributed by atoms with van der Waals surface area (Å²) in [4.78, 5) is 10.9. The number of unbranched alkanes of at least 4 members (excludes halogenated alkanes) is 1. The van der Waals surface area contributed by atoms with Crippen LogP contribution in [0, 0.1) is 0 Å². The third-order valence-corrected chi connectivity index (χ3v) is 2.14. The summed E-state index contributed by atoms with van der Waals surface area (Å²) in [5, 5.41) is 0. The molecular weight excluding hydrogens is 164 g/mol. The molecule has 76 valence electrons. The van der Waals surface area contributed by atoms with Crippen LogP contribution in [0.3, 0.4) is 0 Å². The molecular formula is C11H20O2. The zero-order valence-electron chi connectivity index (χ0n) is 9.09. The van der Waals surface area contributed by atoms with E-state index in [1.807, 2.05) is 13.0 Å². The van der Waals surface area contributed by atoms with Crippen LogP contribution in [0.4, 0.5) is 0 Å². The van der Waals surface area contributed by atoms with Gasteiger partial charge in [-0.1, -0.05) is 19.8 Å². The highest BCUT2D eigenvalue weighted by molar-refractivity contribution is 5.92. The third-order valence-electron chi connectivity index (χ3n) is 2.14. The van der Waals surface area contributed by atoms with Crippen LogP contribution in [-0.4, -0.2) is 19.0 Å². The predicted molar refractivity (Wildman–Crippen MR) is 54.8 cm³/mol. The van der Waals surface area contributed by atoms with Gasteiger partial charge in [-0.15, -0.1) is 0 Å². The topological polar surface area (TPSA) is 26.3 Å².